The van der Waals surface area contributed by atoms with Crippen LogP contribution in [0.3, 0.4) is 0 Å². The Morgan fingerprint density at radius 3 is 2.00 bits per heavy atom. The van der Waals surface area contributed by atoms with Crippen molar-refractivity contribution in [3.05, 3.63) is 65.2 Å². The van der Waals surface area contributed by atoms with Crippen molar-refractivity contribution in [2.24, 2.45) is 0 Å². The molecule has 0 amide bonds. The first-order valence-corrected chi connectivity index (χ1v) is 9.65. The van der Waals surface area contributed by atoms with Gasteiger partial charge in [-0.25, -0.2) is 8.42 Å². The zero-order chi connectivity index (χ0) is 16.8. The van der Waals surface area contributed by atoms with Crippen molar-refractivity contribution in [3.8, 4) is 0 Å². The van der Waals surface area contributed by atoms with E-state index in [9.17, 15) is 8.42 Å². The maximum Gasteiger partial charge on any atom is 0.181 e. The van der Waals surface area contributed by atoms with Crippen molar-refractivity contribution < 1.29 is 8.42 Å². The second-order valence-electron chi connectivity index (χ2n) is 7.61. The number of rotatable bonds is 3. The normalized spacial score (nSPS) is 21.2. The minimum atomic E-state index is -3.22. The van der Waals surface area contributed by atoms with Crippen LogP contribution < -0.4 is 0 Å². The lowest BCUT2D eigenvalue weighted by Crippen LogP contribution is -2.11. The van der Waals surface area contributed by atoms with Gasteiger partial charge in [-0.05, 0) is 42.0 Å². The molecule has 0 heterocycles. The highest BCUT2D eigenvalue weighted by Crippen LogP contribution is 2.48. The summed E-state index contributed by atoms with van der Waals surface area (Å²) in [6.07, 6.45) is 0.727. The maximum atomic E-state index is 12.7. The highest BCUT2D eigenvalue weighted by atomic mass is 32.2. The largest absolute Gasteiger partial charge is 0.223 e. The highest BCUT2D eigenvalue weighted by Gasteiger charge is 2.48. The van der Waals surface area contributed by atoms with Gasteiger partial charge in [0.05, 0.1) is 10.1 Å². The zero-order valence-corrected chi connectivity index (χ0v) is 15.0. The van der Waals surface area contributed by atoms with Crippen molar-refractivity contribution in [2.75, 3.05) is 0 Å². The fourth-order valence-electron chi connectivity index (χ4n) is 3.00. The van der Waals surface area contributed by atoms with E-state index < -0.39 is 9.84 Å². The maximum absolute atomic E-state index is 12.7. The van der Waals surface area contributed by atoms with E-state index in [0.717, 1.165) is 17.5 Å². The minimum Gasteiger partial charge on any atom is -0.223 e. The molecule has 3 rings (SSSR count). The van der Waals surface area contributed by atoms with Crippen molar-refractivity contribution in [3.63, 3.8) is 0 Å². The molecule has 1 saturated carbocycles. The lowest BCUT2D eigenvalue weighted by atomic mass is 9.86. The number of sulfone groups is 1. The van der Waals surface area contributed by atoms with E-state index in [0.29, 0.717) is 4.90 Å². The van der Waals surface area contributed by atoms with E-state index in [4.69, 9.17) is 0 Å². The molecule has 122 valence electrons. The minimum absolute atomic E-state index is 0.120. The van der Waals surface area contributed by atoms with Crippen LogP contribution in [0.15, 0.2) is 53.4 Å². The molecule has 0 aliphatic heterocycles. The zero-order valence-electron chi connectivity index (χ0n) is 14.2. The summed E-state index contributed by atoms with van der Waals surface area (Å²) < 4.78 is 25.4. The van der Waals surface area contributed by atoms with Crippen LogP contribution in [0, 0.1) is 6.92 Å². The van der Waals surface area contributed by atoms with Crippen molar-refractivity contribution in [2.45, 2.75) is 55.6 Å². The lowest BCUT2D eigenvalue weighted by molar-refractivity contribution is 0.589. The van der Waals surface area contributed by atoms with E-state index in [1.807, 2.05) is 19.1 Å². The van der Waals surface area contributed by atoms with Gasteiger partial charge in [-0.3, -0.25) is 0 Å². The molecule has 0 N–H and O–H groups in total. The van der Waals surface area contributed by atoms with Crippen molar-refractivity contribution in [1.29, 1.82) is 0 Å². The first-order valence-electron chi connectivity index (χ1n) is 8.10. The lowest BCUT2D eigenvalue weighted by Gasteiger charge is -2.19. The molecule has 1 fully saturated rings. The molecule has 2 aromatic carbocycles. The predicted octanol–water partition coefficient (Wildman–Crippen LogP) is 4.62. The first kappa shape index (κ1) is 16.3. The van der Waals surface area contributed by atoms with Gasteiger partial charge in [-0.1, -0.05) is 62.7 Å². The van der Waals surface area contributed by atoms with Gasteiger partial charge in [0.25, 0.3) is 0 Å². The number of benzene rings is 2. The molecule has 3 heteroatoms. The Morgan fingerprint density at radius 2 is 1.48 bits per heavy atom. The van der Waals surface area contributed by atoms with E-state index in [1.54, 1.807) is 12.1 Å². The summed E-state index contributed by atoms with van der Waals surface area (Å²) in [5.41, 5.74) is 3.61. The first-order chi connectivity index (χ1) is 10.7. The standard InChI is InChI=1S/C20H24O2S/c1-14-5-11-17(12-6-14)23(21,22)19-13-18(19)15-7-9-16(10-8-15)20(2,3)4/h5-12,18-19H,13H2,1-4H3/t18-,19+/m0/s1. The third-order valence-electron chi connectivity index (χ3n) is 4.68. The average Bonchev–Trinajstić information content (AvgIpc) is 3.28. The second-order valence-corrected chi connectivity index (χ2v) is 9.78. The van der Waals surface area contributed by atoms with E-state index in [1.165, 1.54) is 5.56 Å². The molecule has 1 aliphatic rings. The molecule has 0 radical (unpaired) electrons. The predicted molar refractivity (Wildman–Crippen MR) is 94.7 cm³/mol. The SMILES string of the molecule is Cc1ccc(S(=O)(=O)[C@@H]2C[C@H]2c2ccc(C(C)(C)C)cc2)cc1. The Morgan fingerprint density at radius 1 is 0.913 bits per heavy atom. The van der Waals surface area contributed by atoms with Crippen LogP contribution in [0.5, 0.6) is 0 Å². The van der Waals surface area contributed by atoms with E-state index in [2.05, 4.69) is 45.0 Å². The second kappa shape index (κ2) is 5.48. The molecule has 2 aromatic rings. The number of aryl methyl sites for hydroxylation is 1. The molecular formula is C20H24O2S. The molecule has 2 atom stereocenters. The monoisotopic (exact) mass is 328 g/mol. The Labute approximate surface area is 139 Å². The van der Waals surface area contributed by atoms with Gasteiger partial charge in [-0.15, -0.1) is 0 Å². The summed E-state index contributed by atoms with van der Waals surface area (Å²) in [7, 11) is -3.22. The van der Waals surface area contributed by atoms with Crippen LogP contribution >= 0.6 is 0 Å². The fraction of sp³-hybridized carbons (Fsp3) is 0.400. The van der Waals surface area contributed by atoms with E-state index >= 15 is 0 Å². The molecule has 2 nitrogen and oxygen atoms in total. The van der Waals surface area contributed by atoms with Gasteiger partial charge in [0, 0.05) is 5.92 Å². The third kappa shape index (κ3) is 3.20. The third-order valence-corrected chi connectivity index (χ3v) is 6.93. The van der Waals surface area contributed by atoms with Crippen molar-refractivity contribution >= 4 is 9.84 Å². The summed E-state index contributed by atoms with van der Waals surface area (Å²) in [5, 5.41) is -0.273. The summed E-state index contributed by atoms with van der Waals surface area (Å²) in [4.78, 5) is 0.446. The molecular weight excluding hydrogens is 304 g/mol. The van der Waals surface area contributed by atoms with Crippen LogP contribution in [0.4, 0.5) is 0 Å². The molecule has 23 heavy (non-hydrogen) atoms. The average molecular weight is 328 g/mol. The topological polar surface area (TPSA) is 34.1 Å². The van der Waals surface area contributed by atoms with Gasteiger partial charge in [0.15, 0.2) is 9.84 Å². The Hall–Kier alpha value is -1.61. The Kier molecular flexibility index (Phi) is 3.88. The number of hydrogen-bond donors (Lipinski definition) is 0. The van der Waals surface area contributed by atoms with Crippen LogP contribution in [0.2, 0.25) is 0 Å². The highest BCUT2D eigenvalue weighted by molar-refractivity contribution is 7.92. The summed E-state index contributed by atoms with van der Waals surface area (Å²) >= 11 is 0. The van der Waals surface area contributed by atoms with Crippen molar-refractivity contribution in [1.82, 2.24) is 0 Å². The summed E-state index contributed by atoms with van der Waals surface area (Å²) in [6.45, 7) is 8.52. The van der Waals surface area contributed by atoms with Gasteiger partial charge in [-0.2, -0.15) is 0 Å². The van der Waals surface area contributed by atoms with Crippen LogP contribution in [-0.2, 0) is 15.3 Å². The van der Waals surface area contributed by atoms with Gasteiger partial charge < -0.3 is 0 Å². The quantitative estimate of drug-likeness (QED) is 0.823. The smallest absolute Gasteiger partial charge is 0.181 e. The molecule has 0 saturated heterocycles. The summed E-state index contributed by atoms with van der Waals surface area (Å²) in [6, 6.07) is 15.6. The summed E-state index contributed by atoms with van der Waals surface area (Å²) in [5.74, 6) is 0.135. The molecule has 0 spiro atoms. The molecule has 0 unspecified atom stereocenters. The van der Waals surface area contributed by atoms with Crippen LogP contribution in [0.1, 0.15) is 49.8 Å². The molecule has 0 aromatic heterocycles. The number of hydrogen-bond acceptors (Lipinski definition) is 2. The Bertz CT molecular complexity index is 794. The molecule has 0 bridgehead atoms. The van der Waals surface area contributed by atoms with E-state index in [-0.39, 0.29) is 16.6 Å². The van der Waals surface area contributed by atoms with Gasteiger partial charge in [0.2, 0.25) is 0 Å². The van der Waals surface area contributed by atoms with Crippen LogP contribution in [-0.4, -0.2) is 13.7 Å². The molecule has 1 aliphatic carbocycles. The van der Waals surface area contributed by atoms with Gasteiger partial charge >= 0.3 is 0 Å². The fourth-order valence-corrected chi connectivity index (χ4v) is 4.91. The Balaban J connectivity index is 1.80. The van der Waals surface area contributed by atoms with Crippen LogP contribution in [0.25, 0.3) is 0 Å². The van der Waals surface area contributed by atoms with Gasteiger partial charge in [0.1, 0.15) is 0 Å².